The van der Waals surface area contributed by atoms with Gasteiger partial charge in [0.2, 0.25) is 0 Å². The molecular weight excluding hydrogens is 294 g/mol. The van der Waals surface area contributed by atoms with E-state index < -0.39 is 0 Å². The van der Waals surface area contributed by atoms with Crippen molar-refractivity contribution in [2.75, 3.05) is 19.6 Å². The molecular formula is C16H21N5O2. The van der Waals surface area contributed by atoms with E-state index in [1.54, 1.807) is 15.8 Å². The van der Waals surface area contributed by atoms with Gasteiger partial charge in [-0.05, 0) is 31.0 Å². The van der Waals surface area contributed by atoms with E-state index in [2.05, 4.69) is 15.6 Å². The molecule has 1 aliphatic rings. The van der Waals surface area contributed by atoms with Crippen LogP contribution in [0.4, 0.5) is 4.79 Å². The van der Waals surface area contributed by atoms with Gasteiger partial charge in [0.05, 0.1) is 19.3 Å². The minimum absolute atomic E-state index is 0.0346. The van der Waals surface area contributed by atoms with Crippen molar-refractivity contribution in [2.45, 2.75) is 26.0 Å². The molecule has 7 heteroatoms. The summed E-state index contributed by atoms with van der Waals surface area (Å²) in [6, 6.07) is 7.93. The first kappa shape index (κ1) is 15.3. The van der Waals surface area contributed by atoms with Crippen molar-refractivity contribution in [1.82, 2.24) is 25.2 Å². The second-order valence-corrected chi connectivity index (χ2v) is 5.71. The number of carbonyl (C=O) groups is 1. The second kappa shape index (κ2) is 7.13. The Hall–Kier alpha value is -2.57. The molecule has 7 nitrogen and oxygen atoms in total. The molecule has 0 unspecified atom stereocenters. The molecule has 0 radical (unpaired) electrons. The van der Waals surface area contributed by atoms with Crippen LogP contribution in [-0.2, 0) is 6.54 Å². The summed E-state index contributed by atoms with van der Waals surface area (Å²) >= 11 is 0. The molecule has 3 rings (SSSR count). The number of carbonyl (C=O) groups excluding carboxylic acids is 1. The maximum Gasteiger partial charge on any atom is 0.317 e. The highest BCUT2D eigenvalue weighted by atomic mass is 16.5. The lowest BCUT2D eigenvalue weighted by atomic mass is 10.1. The van der Waals surface area contributed by atoms with Crippen LogP contribution in [0.5, 0.6) is 5.75 Å². The Balaban J connectivity index is 1.32. The third-order valence-corrected chi connectivity index (χ3v) is 3.74. The van der Waals surface area contributed by atoms with Gasteiger partial charge in [-0.1, -0.05) is 17.3 Å². The average molecular weight is 315 g/mol. The SMILES string of the molecule is Cc1cccc(OC2CN(C(=O)NCCCn3ccnn3)C2)c1. The average Bonchev–Trinajstić information content (AvgIpc) is 3.00. The van der Waals surface area contributed by atoms with Crippen LogP contribution in [0.2, 0.25) is 0 Å². The van der Waals surface area contributed by atoms with Crippen molar-refractivity contribution in [3.8, 4) is 5.75 Å². The van der Waals surface area contributed by atoms with Gasteiger partial charge in [0.25, 0.3) is 0 Å². The van der Waals surface area contributed by atoms with Gasteiger partial charge in [-0.25, -0.2) is 4.79 Å². The van der Waals surface area contributed by atoms with Gasteiger partial charge in [-0.15, -0.1) is 5.10 Å². The first-order chi connectivity index (χ1) is 11.2. The molecule has 1 fully saturated rings. The Labute approximate surface area is 135 Å². The minimum atomic E-state index is -0.0346. The minimum Gasteiger partial charge on any atom is -0.487 e. The van der Waals surface area contributed by atoms with Crippen LogP contribution in [0.15, 0.2) is 36.7 Å². The summed E-state index contributed by atoms with van der Waals surface area (Å²) < 4.78 is 7.60. The van der Waals surface area contributed by atoms with Gasteiger partial charge in [-0.3, -0.25) is 4.68 Å². The molecule has 0 bridgehead atoms. The molecule has 23 heavy (non-hydrogen) atoms. The summed E-state index contributed by atoms with van der Waals surface area (Å²) in [7, 11) is 0. The number of aromatic nitrogens is 3. The molecule has 1 aromatic carbocycles. The zero-order chi connectivity index (χ0) is 16.1. The van der Waals surface area contributed by atoms with Gasteiger partial charge < -0.3 is 15.0 Å². The number of benzene rings is 1. The quantitative estimate of drug-likeness (QED) is 0.819. The van der Waals surface area contributed by atoms with Crippen LogP contribution >= 0.6 is 0 Å². The first-order valence-corrected chi connectivity index (χ1v) is 7.81. The molecule has 2 heterocycles. The molecule has 0 spiro atoms. The number of urea groups is 1. The lowest BCUT2D eigenvalue weighted by Crippen LogP contribution is -2.59. The molecule has 0 atom stereocenters. The van der Waals surface area contributed by atoms with Gasteiger partial charge in [0, 0.05) is 19.3 Å². The van der Waals surface area contributed by atoms with Gasteiger partial charge >= 0.3 is 6.03 Å². The van der Waals surface area contributed by atoms with E-state index in [1.165, 1.54) is 5.56 Å². The fourth-order valence-corrected chi connectivity index (χ4v) is 2.46. The highest BCUT2D eigenvalue weighted by Gasteiger charge is 2.32. The summed E-state index contributed by atoms with van der Waals surface area (Å²) in [5, 5.41) is 10.5. The number of nitrogens with one attached hydrogen (secondary N) is 1. The number of hydrogen-bond donors (Lipinski definition) is 1. The number of ether oxygens (including phenoxy) is 1. The Morgan fingerprint density at radius 1 is 1.43 bits per heavy atom. The lowest BCUT2D eigenvalue weighted by molar-refractivity contribution is 0.0444. The Kier molecular flexibility index (Phi) is 4.75. The van der Waals surface area contributed by atoms with Crippen LogP contribution < -0.4 is 10.1 Å². The maximum absolute atomic E-state index is 12.0. The van der Waals surface area contributed by atoms with Gasteiger partial charge in [0.15, 0.2) is 0 Å². The number of likely N-dealkylation sites (tertiary alicyclic amines) is 1. The molecule has 0 aliphatic carbocycles. The molecule has 1 saturated heterocycles. The van der Waals surface area contributed by atoms with E-state index in [4.69, 9.17) is 4.74 Å². The van der Waals surface area contributed by atoms with Crippen LogP contribution in [-0.4, -0.2) is 51.7 Å². The Morgan fingerprint density at radius 2 is 2.30 bits per heavy atom. The van der Waals surface area contributed by atoms with E-state index in [1.807, 2.05) is 37.4 Å². The summed E-state index contributed by atoms with van der Waals surface area (Å²) in [6.07, 6.45) is 4.36. The Morgan fingerprint density at radius 3 is 3.04 bits per heavy atom. The van der Waals surface area contributed by atoms with E-state index in [9.17, 15) is 4.79 Å². The van der Waals surface area contributed by atoms with Gasteiger partial charge in [-0.2, -0.15) is 0 Å². The summed E-state index contributed by atoms with van der Waals surface area (Å²) in [5.41, 5.74) is 1.17. The number of aryl methyl sites for hydroxylation is 2. The van der Waals surface area contributed by atoms with E-state index in [-0.39, 0.29) is 12.1 Å². The lowest BCUT2D eigenvalue weighted by Gasteiger charge is -2.38. The monoisotopic (exact) mass is 315 g/mol. The third-order valence-electron chi connectivity index (χ3n) is 3.74. The van der Waals surface area contributed by atoms with Crippen molar-refractivity contribution >= 4 is 6.03 Å². The zero-order valence-corrected chi connectivity index (χ0v) is 13.2. The molecule has 1 N–H and O–H groups in total. The van der Waals surface area contributed by atoms with Crippen molar-refractivity contribution in [3.63, 3.8) is 0 Å². The van der Waals surface area contributed by atoms with Gasteiger partial charge in [0.1, 0.15) is 11.9 Å². The summed E-state index contributed by atoms with van der Waals surface area (Å²) in [6.45, 7) is 4.66. The number of amides is 2. The first-order valence-electron chi connectivity index (χ1n) is 7.81. The van der Waals surface area contributed by atoms with E-state index in [0.717, 1.165) is 18.7 Å². The molecule has 122 valence electrons. The largest absolute Gasteiger partial charge is 0.487 e. The van der Waals surface area contributed by atoms with Crippen LogP contribution in [0.3, 0.4) is 0 Å². The fraction of sp³-hybridized carbons (Fsp3) is 0.438. The molecule has 1 aromatic heterocycles. The smallest absolute Gasteiger partial charge is 0.317 e. The normalized spacial score (nSPS) is 14.4. The van der Waals surface area contributed by atoms with Crippen molar-refractivity contribution in [2.24, 2.45) is 0 Å². The zero-order valence-electron chi connectivity index (χ0n) is 13.2. The van der Waals surface area contributed by atoms with Crippen LogP contribution in [0.1, 0.15) is 12.0 Å². The highest BCUT2D eigenvalue weighted by molar-refractivity contribution is 5.75. The standard InChI is InChI=1S/C16H21N5O2/c1-13-4-2-5-14(10-13)23-15-11-20(12-15)16(22)17-6-3-8-21-9-7-18-19-21/h2,4-5,7,9-10,15H,3,6,8,11-12H2,1H3,(H,17,22). The predicted molar refractivity (Wildman–Crippen MR) is 85.2 cm³/mol. The number of hydrogen-bond acceptors (Lipinski definition) is 4. The number of rotatable bonds is 6. The van der Waals surface area contributed by atoms with Crippen LogP contribution in [0, 0.1) is 6.92 Å². The number of nitrogens with zero attached hydrogens (tertiary/aromatic N) is 4. The second-order valence-electron chi connectivity index (χ2n) is 5.71. The molecule has 0 saturated carbocycles. The summed E-state index contributed by atoms with van der Waals surface area (Å²) in [5.74, 6) is 0.864. The van der Waals surface area contributed by atoms with E-state index in [0.29, 0.717) is 19.6 Å². The Bertz CT molecular complexity index is 638. The third kappa shape index (κ3) is 4.21. The fourth-order valence-electron chi connectivity index (χ4n) is 2.46. The molecule has 1 aliphatic heterocycles. The predicted octanol–water partition coefficient (Wildman–Crippen LogP) is 1.45. The topological polar surface area (TPSA) is 72.3 Å². The van der Waals surface area contributed by atoms with E-state index >= 15 is 0 Å². The van der Waals surface area contributed by atoms with Crippen LogP contribution in [0.25, 0.3) is 0 Å². The molecule has 2 amide bonds. The maximum atomic E-state index is 12.0. The van der Waals surface area contributed by atoms with Crippen molar-refractivity contribution < 1.29 is 9.53 Å². The highest BCUT2D eigenvalue weighted by Crippen LogP contribution is 2.19. The van der Waals surface area contributed by atoms with Crippen molar-refractivity contribution in [1.29, 1.82) is 0 Å². The summed E-state index contributed by atoms with van der Waals surface area (Å²) in [4.78, 5) is 13.7. The van der Waals surface area contributed by atoms with Crippen molar-refractivity contribution in [3.05, 3.63) is 42.2 Å². The molecule has 2 aromatic rings.